The molecule has 0 radical (unpaired) electrons. The molecule has 0 aliphatic carbocycles. The average molecular weight is 1060 g/mol. The van der Waals surface area contributed by atoms with Crippen LogP contribution in [0, 0.1) is 0 Å². The Balaban J connectivity index is 0.000000140. The molecule has 14 aromatic rings. The van der Waals surface area contributed by atoms with E-state index in [0.717, 1.165) is 10.9 Å². The third kappa shape index (κ3) is 8.46. The van der Waals surface area contributed by atoms with Gasteiger partial charge in [0.05, 0.1) is 22.4 Å². The maximum Gasteiger partial charge on any atom is 0.494 e. The molecule has 0 unspecified atom stereocenters. The third-order valence-electron chi connectivity index (χ3n) is 18.7. The molecule has 14 aromatic carbocycles. The van der Waals surface area contributed by atoms with Crippen LogP contribution in [-0.2, 0) is 18.6 Å². The van der Waals surface area contributed by atoms with Crippen molar-refractivity contribution >= 4 is 111 Å². The molecular formula is C76H62B2O4. The zero-order valence-corrected chi connectivity index (χ0v) is 47.7. The van der Waals surface area contributed by atoms with Crippen LogP contribution in [-0.4, -0.2) is 36.6 Å². The van der Waals surface area contributed by atoms with Crippen LogP contribution in [0.15, 0.2) is 231 Å². The van der Waals surface area contributed by atoms with Gasteiger partial charge in [0.25, 0.3) is 0 Å². The van der Waals surface area contributed by atoms with Gasteiger partial charge in [-0.05, 0) is 258 Å². The lowest BCUT2D eigenvalue weighted by Crippen LogP contribution is -2.41. The first-order valence-corrected chi connectivity index (χ1v) is 28.9. The van der Waals surface area contributed by atoms with Crippen LogP contribution in [0.25, 0.3) is 131 Å². The molecule has 0 N–H and O–H groups in total. The van der Waals surface area contributed by atoms with E-state index in [1.807, 2.05) is 0 Å². The monoisotopic (exact) mass is 1060 g/mol. The summed E-state index contributed by atoms with van der Waals surface area (Å²) in [4.78, 5) is 0. The molecule has 82 heavy (non-hydrogen) atoms. The molecule has 2 aliphatic rings. The molecular weight excluding hydrogens is 998 g/mol. The predicted molar refractivity (Wildman–Crippen MR) is 348 cm³/mol. The Hall–Kier alpha value is -8.35. The molecule has 2 aliphatic heterocycles. The molecule has 2 fully saturated rings. The SMILES string of the molecule is CC1(C)OB(c2ccc3cc(-c4cc5ccc6cc(-c7ccccc7)cc7ccc(c4)c5c67)ccc3c2)OC1(C)C.CC1(C)OB(c2cccc(-c3cc4ccc5cc(-c6ccc7ccccc7c6)cc6ccc(c3)c4c56)c2)OC1(C)C. The van der Waals surface area contributed by atoms with Crippen LogP contribution in [0.3, 0.4) is 0 Å². The molecule has 4 nitrogen and oxygen atoms in total. The van der Waals surface area contributed by atoms with Crippen LogP contribution in [0.5, 0.6) is 0 Å². The van der Waals surface area contributed by atoms with Crippen LogP contribution >= 0.6 is 0 Å². The topological polar surface area (TPSA) is 36.9 Å². The summed E-state index contributed by atoms with van der Waals surface area (Å²) in [5, 5.41) is 20.5. The second-order valence-electron chi connectivity index (χ2n) is 25.0. The first kappa shape index (κ1) is 50.6. The Morgan fingerprint density at radius 3 is 0.915 bits per heavy atom. The van der Waals surface area contributed by atoms with Crippen LogP contribution in [0.2, 0.25) is 0 Å². The van der Waals surface area contributed by atoms with Gasteiger partial charge in [0.1, 0.15) is 0 Å². The largest absolute Gasteiger partial charge is 0.494 e. The standard InChI is InChI=1S/2C38H31BO2/c1-37(2)38(3,4)41-39(40-37)34-11-7-10-26(23-34)32-19-28-14-16-30-21-33(22-31-17-15-29(20-32)35(28)36(30)31)27-13-12-24-8-5-6-9-25(24)18-27;1-37(2)38(3,4)41-39(40-37)34-17-16-25-18-26(10-11-27(25)23-34)33-21-30-14-12-28-19-32(24-8-6-5-7-9-24)20-29-13-15-31(22-33)36(30)35(28)29/h2*5-23H,1-4H3. The highest BCUT2D eigenvalue weighted by atomic mass is 16.7. The van der Waals surface area contributed by atoms with Crippen molar-refractivity contribution < 1.29 is 18.6 Å². The van der Waals surface area contributed by atoms with Crippen molar-refractivity contribution in [1.82, 2.24) is 0 Å². The van der Waals surface area contributed by atoms with Crippen LogP contribution in [0.4, 0.5) is 0 Å². The minimum absolute atomic E-state index is 0.350. The van der Waals surface area contributed by atoms with Gasteiger partial charge in [-0.1, -0.05) is 170 Å². The summed E-state index contributed by atoms with van der Waals surface area (Å²) in [7, 11) is -0.727. The zero-order chi connectivity index (χ0) is 55.9. The number of rotatable bonds is 6. The molecule has 0 spiro atoms. The predicted octanol–water partition coefficient (Wildman–Crippen LogP) is 18.7. The van der Waals surface area contributed by atoms with Gasteiger partial charge in [0.2, 0.25) is 0 Å². The maximum atomic E-state index is 6.34. The quantitative estimate of drug-likeness (QED) is 0.123. The zero-order valence-electron chi connectivity index (χ0n) is 47.7. The van der Waals surface area contributed by atoms with E-state index < -0.39 is 0 Å². The van der Waals surface area contributed by atoms with E-state index in [0.29, 0.717) is 0 Å². The normalized spacial score (nSPS) is 16.4. The highest BCUT2D eigenvalue weighted by Crippen LogP contribution is 2.44. The number of hydrogen-bond acceptors (Lipinski definition) is 4. The summed E-state index contributed by atoms with van der Waals surface area (Å²) in [5.74, 6) is 0. The lowest BCUT2D eigenvalue weighted by molar-refractivity contribution is 0.00578. The summed E-state index contributed by atoms with van der Waals surface area (Å²) in [6.07, 6.45) is 0. The minimum Gasteiger partial charge on any atom is -0.399 e. The fourth-order valence-corrected chi connectivity index (χ4v) is 12.8. The van der Waals surface area contributed by atoms with Crippen molar-refractivity contribution in [1.29, 1.82) is 0 Å². The summed E-state index contributed by atoms with van der Waals surface area (Å²) in [6, 6.07) is 84.7. The van der Waals surface area contributed by atoms with Crippen molar-refractivity contribution in [2.75, 3.05) is 0 Å². The smallest absolute Gasteiger partial charge is 0.399 e. The molecule has 0 amide bonds. The Morgan fingerprint density at radius 2 is 0.488 bits per heavy atom. The van der Waals surface area contributed by atoms with Gasteiger partial charge in [0.15, 0.2) is 0 Å². The van der Waals surface area contributed by atoms with Crippen molar-refractivity contribution in [3.05, 3.63) is 231 Å². The van der Waals surface area contributed by atoms with E-state index in [1.165, 1.54) is 131 Å². The highest BCUT2D eigenvalue weighted by Gasteiger charge is 2.52. The minimum atomic E-state index is -0.373. The molecule has 16 rings (SSSR count). The van der Waals surface area contributed by atoms with Crippen molar-refractivity contribution in [2.45, 2.75) is 77.8 Å². The van der Waals surface area contributed by atoms with Gasteiger partial charge in [-0.25, -0.2) is 0 Å². The van der Waals surface area contributed by atoms with E-state index >= 15 is 0 Å². The number of benzene rings is 14. The first-order chi connectivity index (χ1) is 39.5. The second-order valence-corrected chi connectivity index (χ2v) is 25.0. The molecule has 396 valence electrons. The van der Waals surface area contributed by atoms with Gasteiger partial charge in [-0.3, -0.25) is 0 Å². The fourth-order valence-electron chi connectivity index (χ4n) is 12.8. The lowest BCUT2D eigenvalue weighted by Gasteiger charge is -2.32. The molecule has 0 bridgehead atoms. The summed E-state index contributed by atoms with van der Waals surface area (Å²) in [6.45, 7) is 16.8. The van der Waals surface area contributed by atoms with Crippen molar-refractivity contribution in [2.24, 2.45) is 0 Å². The third-order valence-corrected chi connectivity index (χ3v) is 18.7. The molecule has 0 aromatic heterocycles. The Morgan fingerprint density at radius 1 is 0.207 bits per heavy atom. The van der Waals surface area contributed by atoms with E-state index in [2.05, 4.69) is 286 Å². The molecule has 2 heterocycles. The number of fused-ring (bicyclic) bond motifs is 2. The van der Waals surface area contributed by atoms with Gasteiger partial charge < -0.3 is 18.6 Å². The number of hydrogen-bond donors (Lipinski definition) is 0. The Labute approximate surface area is 480 Å². The summed E-state index contributed by atoms with van der Waals surface area (Å²) in [5.41, 5.74) is 10.5. The maximum absolute atomic E-state index is 6.34. The molecule has 2 saturated heterocycles. The summed E-state index contributed by atoms with van der Waals surface area (Å²) >= 11 is 0. The van der Waals surface area contributed by atoms with Gasteiger partial charge in [0, 0.05) is 0 Å². The Bertz CT molecular complexity index is 4680. The second kappa shape index (κ2) is 18.6. The van der Waals surface area contributed by atoms with Crippen molar-refractivity contribution in [3.63, 3.8) is 0 Å². The van der Waals surface area contributed by atoms with E-state index in [-0.39, 0.29) is 36.6 Å². The van der Waals surface area contributed by atoms with Gasteiger partial charge in [-0.15, -0.1) is 0 Å². The van der Waals surface area contributed by atoms with E-state index in [1.54, 1.807) is 0 Å². The molecule has 6 heteroatoms. The van der Waals surface area contributed by atoms with Gasteiger partial charge in [-0.2, -0.15) is 0 Å². The van der Waals surface area contributed by atoms with E-state index in [9.17, 15) is 0 Å². The Kier molecular flexibility index (Phi) is 11.5. The average Bonchev–Trinajstić information content (AvgIpc) is 3.46. The lowest BCUT2D eigenvalue weighted by atomic mass is 9.78. The van der Waals surface area contributed by atoms with Crippen LogP contribution < -0.4 is 10.9 Å². The highest BCUT2D eigenvalue weighted by molar-refractivity contribution is 6.62. The molecule has 0 saturated carbocycles. The molecule has 0 atom stereocenters. The van der Waals surface area contributed by atoms with Crippen molar-refractivity contribution in [3.8, 4) is 44.5 Å². The first-order valence-electron chi connectivity index (χ1n) is 28.9. The van der Waals surface area contributed by atoms with E-state index in [4.69, 9.17) is 18.6 Å². The van der Waals surface area contributed by atoms with Gasteiger partial charge >= 0.3 is 14.2 Å². The van der Waals surface area contributed by atoms with Crippen LogP contribution in [0.1, 0.15) is 55.4 Å². The fraction of sp³-hybridized carbons (Fsp3) is 0.158. The summed E-state index contributed by atoms with van der Waals surface area (Å²) < 4.78 is 25.3.